The number of ether oxygens (including phenoxy) is 1. The quantitative estimate of drug-likeness (QED) is 0.889. The molecule has 1 aromatic rings. The molecule has 0 spiro atoms. The smallest absolute Gasteiger partial charge is 0.259 e. The van der Waals surface area contributed by atoms with E-state index >= 15 is 0 Å². The number of nitrogens with zero attached hydrogens (tertiary/aromatic N) is 1. The molecule has 1 aromatic carbocycles. The van der Waals surface area contributed by atoms with Gasteiger partial charge in [-0.25, -0.2) is 13.1 Å². The van der Waals surface area contributed by atoms with Gasteiger partial charge in [0.05, 0.1) is 4.90 Å². The minimum atomic E-state index is -3.58. The van der Waals surface area contributed by atoms with E-state index < -0.39 is 15.6 Å². The number of rotatable bonds is 5. The van der Waals surface area contributed by atoms with Gasteiger partial charge in [-0.2, -0.15) is 0 Å². The maximum Gasteiger partial charge on any atom is 0.259 e. The summed E-state index contributed by atoms with van der Waals surface area (Å²) in [5.74, 6) is 0.329. The van der Waals surface area contributed by atoms with Gasteiger partial charge >= 0.3 is 0 Å². The molecule has 0 bridgehead atoms. The van der Waals surface area contributed by atoms with Crippen LogP contribution in [0.25, 0.3) is 0 Å². The van der Waals surface area contributed by atoms with Crippen LogP contribution in [0.1, 0.15) is 26.3 Å². The summed E-state index contributed by atoms with van der Waals surface area (Å²) in [5.41, 5.74) is 0.100. The van der Waals surface area contributed by atoms with Gasteiger partial charge in [-0.15, -0.1) is 0 Å². The highest BCUT2D eigenvalue weighted by molar-refractivity contribution is 7.89. The summed E-state index contributed by atoms with van der Waals surface area (Å²) in [6.07, 6.45) is 0. The molecule has 1 amide bonds. The predicted octanol–water partition coefficient (Wildman–Crippen LogP) is 1.54. The van der Waals surface area contributed by atoms with E-state index in [4.69, 9.17) is 4.74 Å². The molecular formula is C15H24N2O4S. The number of hydrogen-bond acceptors (Lipinski definition) is 4. The number of sulfonamides is 1. The van der Waals surface area contributed by atoms with Gasteiger partial charge in [-0.05, 0) is 51.5 Å². The topological polar surface area (TPSA) is 75.7 Å². The summed E-state index contributed by atoms with van der Waals surface area (Å²) in [6, 6.07) is 4.57. The zero-order chi connectivity index (χ0) is 17.1. The third-order valence-electron chi connectivity index (χ3n) is 2.75. The fourth-order valence-electron chi connectivity index (χ4n) is 1.68. The number of carbonyl (C=O) groups is 1. The molecule has 0 saturated heterocycles. The molecule has 0 fully saturated rings. The molecule has 1 rings (SSSR count). The summed E-state index contributed by atoms with van der Waals surface area (Å²) < 4.78 is 32.5. The second-order valence-electron chi connectivity index (χ2n) is 6.36. The van der Waals surface area contributed by atoms with Crippen molar-refractivity contribution in [2.45, 2.75) is 38.1 Å². The zero-order valence-corrected chi connectivity index (χ0v) is 14.7. The van der Waals surface area contributed by atoms with Crippen molar-refractivity contribution in [1.29, 1.82) is 0 Å². The van der Waals surface area contributed by atoms with Crippen molar-refractivity contribution < 1.29 is 17.9 Å². The predicted molar refractivity (Wildman–Crippen MR) is 85.4 cm³/mol. The monoisotopic (exact) mass is 328 g/mol. The molecule has 22 heavy (non-hydrogen) atoms. The van der Waals surface area contributed by atoms with Crippen LogP contribution in [0.4, 0.5) is 0 Å². The number of hydrogen-bond donors (Lipinski definition) is 1. The van der Waals surface area contributed by atoms with Gasteiger partial charge in [0, 0.05) is 19.6 Å². The Kier molecular flexibility index (Phi) is 5.59. The first-order chi connectivity index (χ1) is 9.92. The Morgan fingerprint density at radius 2 is 1.86 bits per heavy atom. The molecule has 0 aliphatic carbocycles. The van der Waals surface area contributed by atoms with Crippen LogP contribution < -0.4 is 9.46 Å². The number of carbonyl (C=O) groups excluding carboxylic acids is 1. The van der Waals surface area contributed by atoms with E-state index in [9.17, 15) is 13.2 Å². The fraction of sp³-hybridized carbons (Fsp3) is 0.533. The lowest BCUT2D eigenvalue weighted by Crippen LogP contribution is -2.40. The number of nitrogens with one attached hydrogen (secondary N) is 1. The van der Waals surface area contributed by atoms with Gasteiger partial charge in [-0.1, -0.05) is 0 Å². The lowest BCUT2D eigenvalue weighted by molar-refractivity contribution is -0.130. The first-order valence-corrected chi connectivity index (χ1v) is 8.38. The van der Waals surface area contributed by atoms with Crippen LogP contribution in [-0.2, 0) is 14.8 Å². The normalized spacial score (nSPS) is 12.1. The lowest BCUT2D eigenvalue weighted by Gasteiger charge is -2.21. The van der Waals surface area contributed by atoms with Gasteiger partial charge < -0.3 is 9.64 Å². The summed E-state index contributed by atoms with van der Waals surface area (Å²) in [5, 5.41) is 0. The highest BCUT2D eigenvalue weighted by atomic mass is 32.2. The van der Waals surface area contributed by atoms with Crippen LogP contribution in [0.3, 0.4) is 0 Å². The maximum atomic E-state index is 12.3. The molecule has 0 unspecified atom stereocenters. The Balaban J connectivity index is 2.92. The van der Waals surface area contributed by atoms with Gasteiger partial charge in [-0.3, -0.25) is 4.79 Å². The number of benzene rings is 1. The SMILES string of the molecule is Cc1cc(S(=O)(=O)NC(C)(C)C)ccc1OCC(=O)N(C)C. The van der Waals surface area contributed by atoms with Gasteiger partial charge in [0.1, 0.15) is 5.75 Å². The van der Waals surface area contributed by atoms with E-state index in [0.29, 0.717) is 11.3 Å². The molecule has 0 aliphatic heterocycles. The molecular weight excluding hydrogens is 304 g/mol. The van der Waals surface area contributed by atoms with E-state index in [2.05, 4.69) is 4.72 Å². The van der Waals surface area contributed by atoms with Crippen LogP contribution in [0, 0.1) is 6.92 Å². The average molecular weight is 328 g/mol. The highest BCUT2D eigenvalue weighted by Crippen LogP contribution is 2.22. The molecule has 0 saturated carbocycles. The van der Waals surface area contributed by atoms with E-state index in [1.165, 1.54) is 17.0 Å². The van der Waals surface area contributed by atoms with E-state index in [-0.39, 0.29) is 17.4 Å². The van der Waals surface area contributed by atoms with Gasteiger partial charge in [0.15, 0.2) is 6.61 Å². The largest absolute Gasteiger partial charge is 0.483 e. The first kappa shape index (κ1) is 18.4. The molecule has 6 nitrogen and oxygen atoms in total. The van der Waals surface area contributed by atoms with Crippen molar-refractivity contribution in [3.63, 3.8) is 0 Å². The van der Waals surface area contributed by atoms with Crippen LogP contribution in [0.5, 0.6) is 5.75 Å². The minimum absolute atomic E-state index is 0.0832. The molecule has 7 heteroatoms. The van der Waals surface area contributed by atoms with E-state index in [1.54, 1.807) is 47.9 Å². The Bertz CT molecular complexity index is 646. The van der Waals surface area contributed by atoms with Crippen molar-refractivity contribution in [1.82, 2.24) is 9.62 Å². The Morgan fingerprint density at radius 1 is 1.27 bits per heavy atom. The van der Waals surface area contributed by atoms with Crippen LogP contribution in [-0.4, -0.2) is 45.5 Å². The Hall–Kier alpha value is -1.60. The molecule has 0 aromatic heterocycles. The van der Waals surface area contributed by atoms with Crippen molar-refractivity contribution in [3.05, 3.63) is 23.8 Å². The Morgan fingerprint density at radius 3 is 2.32 bits per heavy atom. The van der Waals surface area contributed by atoms with E-state index in [0.717, 1.165) is 0 Å². The second-order valence-corrected chi connectivity index (χ2v) is 8.04. The van der Waals surface area contributed by atoms with Crippen LogP contribution >= 0.6 is 0 Å². The maximum absolute atomic E-state index is 12.3. The van der Waals surface area contributed by atoms with Gasteiger partial charge in [0.25, 0.3) is 5.91 Å². The summed E-state index contributed by atoms with van der Waals surface area (Å²) in [6.45, 7) is 7.00. The van der Waals surface area contributed by atoms with Gasteiger partial charge in [0.2, 0.25) is 10.0 Å². The lowest BCUT2D eigenvalue weighted by atomic mass is 10.1. The number of likely N-dealkylation sites (N-methyl/N-ethyl adjacent to an activating group) is 1. The number of aryl methyl sites for hydroxylation is 1. The third-order valence-corrected chi connectivity index (χ3v) is 4.50. The molecule has 0 radical (unpaired) electrons. The molecule has 0 aliphatic rings. The summed E-state index contributed by atoms with van der Waals surface area (Å²) in [7, 11) is -0.292. The Labute approximate surface area is 132 Å². The second kappa shape index (κ2) is 6.66. The standard InChI is InChI=1S/C15H24N2O4S/c1-11-9-12(22(19,20)16-15(2,3)4)7-8-13(11)21-10-14(18)17(5)6/h7-9,16H,10H2,1-6H3. The highest BCUT2D eigenvalue weighted by Gasteiger charge is 2.22. The first-order valence-electron chi connectivity index (χ1n) is 6.90. The van der Waals surface area contributed by atoms with E-state index in [1.807, 2.05) is 0 Å². The number of amides is 1. The van der Waals surface area contributed by atoms with Crippen LogP contribution in [0.2, 0.25) is 0 Å². The molecule has 124 valence electrons. The minimum Gasteiger partial charge on any atom is -0.483 e. The molecule has 0 atom stereocenters. The van der Waals surface area contributed by atoms with Crippen molar-refractivity contribution >= 4 is 15.9 Å². The fourth-order valence-corrected chi connectivity index (χ4v) is 3.18. The van der Waals surface area contributed by atoms with Crippen molar-refractivity contribution in [2.75, 3.05) is 20.7 Å². The third kappa shape index (κ3) is 5.31. The molecule has 0 heterocycles. The van der Waals surface area contributed by atoms with Crippen molar-refractivity contribution in [2.24, 2.45) is 0 Å². The molecule has 1 N–H and O–H groups in total. The zero-order valence-electron chi connectivity index (χ0n) is 13.9. The summed E-state index contributed by atoms with van der Waals surface area (Å²) in [4.78, 5) is 13.1. The van der Waals surface area contributed by atoms with Crippen molar-refractivity contribution in [3.8, 4) is 5.75 Å². The summed E-state index contributed by atoms with van der Waals surface area (Å²) >= 11 is 0. The average Bonchev–Trinajstić information content (AvgIpc) is 2.33. The van der Waals surface area contributed by atoms with Crippen LogP contribution in [0.15, 0.2) is 23.1 Å².